The maximum atomic E-state index is 10.1. The molecule has 1 N–H and O–H groups in total. The number of ether oxygens (including phenoxy) is 1. The summed E-state index contributed by atoms with van der Waals surface area (Å²) in [7, 11) is 1.64. The van der Waals surface area contributed by atoms with Crippen LogP contribution in [0.3, 0.4) is 0 Å². The molecule has 1 rings (SSSR count). The van der Waals surface area contributed by atoms with Gasteiger partial charge in [0.25, 0.3) is 0 Å². The second kappa shape index (κ2) is 7.05. The van der Waals surface area contributed by atoms with Crippen molar-refractivity contribution in [3.63, 3.8) is 0 Å². The number of hydrogen-bond acceptors (Lipinski definition) is 2. The smallest absolute Gasteiger partial charge is 0.118 e. The monoisotopic (exact) mass is 246 g/mol. The Kier molecular flexibility index (Phi) is 5.70. The average Bonchev–Trinajstić information content (AvgIpc) is 2.38. The van der Waals surface area contributed by atoms with Gasteiger partial charge in [-0.15, -0.1) is 5.73 Å². The summed E-state index contributed by atoms with van der Waals surface area (Å²) in [6.45, 7) is 6.17. The summed E-state index contributed by atoms with van der Waals surface area (Å²) in [4.78, 5) is 0. The minimum absolute atomic E-state index is 0.479. The highest BCUT2D eigenvalue weighted by molar-refractivity contribution is 5.29. The Morgan fingerprint density at radius 1 is 1.22 bits per heavy atom. The molecule has 18 heavy (non-hydrogen) atoms. The fraction of sp³-hybridized carbons (Fsp3) is 0.438. The molecule has 0 saturated heterocycles. The van der Waals surface area contributed by atoms with Crippen molar-refractivity contribution in [2.24, 2.45) is 0 Å². The molecule has 0 heterocycles. The number of rotatable bonds is 5. The van der Waals surface area contributed by atoms with Crippen molar-refractivity contribution in [1.29, 1.82) is 0 Å². The molecule has 0 amide bonds. The van der Waals surface area contributed by atoms with E-state index in [0.29, 0.717) is 6.42 Å². The molecule has 0 bridgehead atoms. The first-order chi connectivity index (χ1) is 8.56. The van der Waals surface area contributed by atoms with Crippen molar-refractivity contribution in [2.45, 2.75) is 39.7 Å². The van der Waals surface area contributed by atoms with E-state index in [1.54, 1.807) is 7.11 Å². The van der Waals surface area contributed by atoms with E-state index in [4.69, 9.17) is 4.74 Å². The van der Waals surface area contributed by atoms with Gasteiger partial charge in [-0.1, -0.05) is 19.1 Å². The molecule has 1 unspecified atom stereocenters. The van der Waals surface area contributed by atoms with Gasteiger partial charge in [0.2, 0.25) is 0 Å². The Morgan fingerprint density at radius 3 is 2.33 bits per heavy atom. The maximum absolute atomic E-state index is 10.1. The van der Waals surface area contributed by atoms with E-state index >= 15 is 0 Å². The number of aliphatic hydroxyl groups excluding tert-OH is 1. The molecule has 0 aliphatic heterocycles. The molecule has 0 aromatic heterocycles. The summed E-state index contributed by atoms with van der Waals surface area (Å²) < 4.78 is 5.09. The van der Waals surface area contributed by atoms with E-state index in [-0.39, 0.29) is 0 Å². The third kappa shape index (κ3) is 4.40. The summed E-state index contributed by atoms with van der Waals surface area (Å²) in [5.41, 5.74) is 6.51. The van der Waals surface area contributed by atoms with E-state index in [1.165, 1.54) is 5.57 Å². The van der Waals surface area contributed by atoms with Crippen LogP contribution >= 0.6 is 0 Å². The molecule has 0 aliphatic rings. The highest BCUT2D eigenvalue weighted by Gasteiger charge is 2.08. The van der Waals surface area contributed by atoms with Crippen molar-refractivity contribution in [2.75, 3.05) is 7.11 Å². The lowest BCUT2D eigenvalue weighted by Gasteiger charge is -2.11. The minimum Gasteiger partial charge on any atom is -0.497 e. The van der Waals surface area contributed by atoms with Crippen LogP contribution in [-0.4, -0.2) is 12.2 Å². The second-order valence-corrected chi connectivity index (χ2v) is 4.53. The lowest BCUT2D eigenvalue weighted by molar-refractivity contribution is 0.178. The normalized spacial score (nSPS) is 11.6. The molecular formula is C16H22O2. The van der Waals surface area contributed by atoms with E-state index in [0.717, 1.165) is 23.3 Å². The largest absolute Gasteiger partial charge is 0.497 e. The van der Waals surface area contributed by atoms with Crippen molar-refractivity contribution in [3.8, 4) is 5.75 Å². The van der Waals surface area contributed by atoms with Crippen LogP contribution in [0.4, 0.5) is 0 Å². The standard InChI is InChI=1S/C16H22O2/c1-5-12(2)10-13(3)11-16(17)14-6-8-15(18-4)9-7-14/h6-9,16-17H,5,11H2,1-4H3. The lowest BCUT2D eigenvalue weighted by atomic mass is 10.0. The molecule has 0 spiro atoms. The highest BCUT2D eigenvalue weighted by atomic mass is 16.5. The minimum atomic E-state index is -0.479. The van der Waals surface area contributed by atoms with Gasteiger partial charge in [-0.2, -0.15) is 0 Å². The van der Waals surface area contributed by atoms with Gasteiger partial charge in [0, 0.05) is 6.42 Å². The molecule has 0 saturated carbocycles. The first kappa shape index (κ1) is 14.6. The third-order valence-corrected chi connectivity index (χ3v) is 2.96. The van der Waals surface area contributed by atoms with Gasteiger partial charge in [0.05, 0.1) is 13.2 Å². The Morgan fingerprint density at radius 2 is 1.83 bits per heavy atom. The predicted molar refractivity (Wildman–Crippen MR) is 74.7 cm³/mol. The maximum Gasteiger partial charge on any atom is 0.118 e. The molecule has 0 fully saturated rings. The van der Waals surface area contributed by atoms with Gasteiger partial charge in [0.1, 0.15) is 5.75 Å². The first-order valence-corrected chi connectivity index (χ1v) is 6.30. The van der Waals surface area contributed by atoms with Crippen LogP contribution in [0, 0.1) is 0 Å². The van der Waals surface area contributed by atoms with Gasteiger partial charge in [-0.05, 0) is 49.1 Å². The summed E-state index contributed by atoms with van der Waals surface area (Å²) in [5, 5.41) is 10.1. The molecule has 0 radical (unpaired) electrons. The molecule has 2 heteroatoms. The van der Waals surface area contributed by atoms with E-state index in [9.17, 15) is 5.11 Å². The molecular weight excluding hydrogens is 224 g/mol. The van der Waals surface area contributed by atoms with Crippen molar-refractivity contribution in [3.05, 3.63) is 46.7 Å². The SMILES string of the molecule is CCC(C)=C=C(C)CC(O)c1ccc(OC)cc1. The number of aliphatic hydroxyl groups is 1. The predicted octanol–water partition coefficient (Wildman–Crippen LogP) is 4.02. The van der Waals surface area contributed by atoms with Crippen LogP contribution in [0.2, 0.25) is 0 Å². The van der Waals surface area contributed by atoms with Crippen LogP contribution in [-0.2, 0) is 0 Å². The third-order valence-electron chi connectivity index (χ3n) is 2.96. The van der Waals surface area contributed by atoms with Gasteiger partial charge >= 0.3 is 0 Å². The summed E-state index contributed by atoms with van der Waals surface area (Å²) in [5.74, 6) is 0.805. The van der Waals surface area contributed by atoms with Crippen LogP contribution in [0.15, 0.2) is 41.1 Å². The fourth-order valence-electron chi connectivity index (χ4n) is 1.74. The van der Waals surface area contributed by atoms with E-state index in [2.05, 4.69) is 19.6 Å². The zero-order valence-electron chi connectivity index (χ0n) is 11.7. The fourth-order valence-corrected chi connectivity index (χ4v) is 1.74. The van der Waals surface area contributed by atoms with Crippen LogP contribution in [0.5, 0.6) is 5.75 Å². The molecule has 1 aromatic rings. The van der Waals surface area contributed by atoms with Gasteiger partial charge < -0.3 is 9.84 Å². The molecule has 98 valence electrons. The van der Waals surface area contributed by atoms with Gasteiger partial charge in [-0.25, -0.2) is 0 Å². The molecule has 0 aliphatic carbocycles. The molecule has 2 nitrogen and oxygen atoms in total. The zero-order valence-corrected chi connectivity index (χ0v) is 11.7. The van der Waals surface area contributed by atoms with Crippen molar-refractivity contribution >= 4 is 0 Å². The zero-order chi connectivity index (χ0) is 13.5. The summed E-state index contributed by atoms with van der Waals surface area (Å²) in [6.07, 6.45) is 1.13. The summed E-state index contributed by atoms with van der Waals surface area (Å²) >= 11 is 0. The van der Waals surface area contributed by atoms with Crippen LogP contribution < -0.4 is 4.74 Å². The topological polar surface area (TPSA) is 29.5 Å². The lowest BCUT2D eigenvalue weighted by Crippen LogP contribution is -1.98. The van der Waals surface area contributed by atoms with E-state index < -0.39 is 6.10 Å². The van der Waals surface area contributed by atoms with Crippen molar-refractivity contribution < 1.29 is 9.84 Å². The van der Waals surface area contributed by atoms with Gasteiger partial charge in [-0.3, -0.25) is 0 Å². The Hall–Kier alpha value is -1.50. The van der Waals surface area contributed by atoms with Crippen LogP contribution in [0.25, 0.3) is 0 Å². The Bertz CT molecular complexity index is 437. The molecule has 1 atom stereocenters. The number of benzene rings is 1. The Labute approximate surface area is 110 Å². The second-order valence-electron chi connectivity index (χ2n) is 4.53. The quantitative estimate of drug-likeness (QED) is 0.795. The molecule has 1 aromatic carbocycles. The summed E-state index contributed by atoms with van der Waals surface area (Å²) in [6, 6.07) is 7.52. The van der Waals surface area contributed by atoms with Crippen molar-refractivity contribution in [1.82, 2.24) is 0 Å². The highest BCUT2D eigenvalue weighted by Crippen LogP contribution is 2.22. The van der Waals surface area contributed by atoms with Crippen LogP contribution in [0.1, 0.15) is 45.3 Å². The first-order valence-electron chi connectivity index (χ1n) is 6.30. The Balaban J connectivity index is 2.76. The number of hydrogen-bond donors (Lipinski definition) is 1. The van der Waals surface area contributed by atoms with Gasteiger partial charge in [0.15, 0.2) is 0 Å². The average molecular weight is 246 g/mol. The van der Waals surface area contributed by atoms with E-state index in [1.807, 2.05) is 31.2 Å². The number of methoxy groups -OCH3 is 1.